The topological polar surface area (TPSA) is 63.5 Å². The van der Waals surface area contributed by atoms with Crippen molar-refractivity contribution >= 4 is 11.9 Å². The fraction of sp³-hybridized carbons (Fsp3) is 0.833. The number of hydrogen-bond donors (Lipinski definition) is 3. The minimum atomic E-state index is 0.410. The smallest absolute Gasteiger partial charge is 0.198 e. The van der Waals surface area contributed by atoms with Gasteiger partial charge >= 0.3 is 0 Å². The van der Waals surface area contributed by atoms with Crippen molar-refractivity contribution in [3.05, 3.63) is 0 Å². The van der Waals surface area contributed by atoms with Crippen molar-refractivity contribution in [2.24, 2.45) is 4.99 Å². The molecule has 0 radical (unpaired) electrons. The monoisotopic (exact) mass is 237 g/mol. The molecule has 0 aromatic carbocycles. The van der Waals surface area contributed by atoms with E-state index in [1.54, 1.807) is 0 Å². The molecule has 3 N–H and O–H groups in total. The van der Waals surface area contributed by atoms with Crippen molar-refractivity contribution in [2.75, 3.05) is 19.6 Å². The van der Waals surface area contributed by atoms with Gasteiger partial charge in [0.25, 0.3) is 0 Å². The molecule has 0 amide bonds. The van der Waals surface area contributed by atoms with Gasteiger partial charge in [0.15, 0.2) is 11.9 Å². The molecule has 2 heterocycles. The number of piperidine rings is 1. The van der Waals surface area contributed by atoms with Gasteiger partial charge in [0.1, 0.15) is 0 Å². The molecule has 1 atom stereocenters. The average Bonchev–Trinajstić information content (AvgIpc) is 2.40. The van der Waals surface area contributed by atoms with Crippen molar-refractivity contribution < 1.29 is 0 Å². The number of aliphatic imine (C=N–C) groups is 1. The lowest BCUT2D eigenvalue weighted by Gasteiger charge is -2.30. The molecular formula is C12H23N5. The van der Waals surface area contributed by atoms with Gasteiger partial charge in [0.05, 0.1) is 6.04 Å². The number of guanidine groups is 2. The van der Waals surface area contributed by atoms with Crippen LogP contribution in [0.2, 0.25) is 0 Å². The van der Waals surface area contributed by atoms with Gasteiger partial charge in [-0.1, -0.05) is 6.92 Å². The van der Waals surface area contributed by atoms with Gasteiger partial charge in [-0.25, -0.2) is 4.99 Å². The molecular weight excluding hydrogens is 214 g/mol. The summed E-state index contributed by atoms with van der Waals surface area (Å²) in [6.07, 6.45) is 5.85. The van der Waals surface area contributed by atoms with E-state index in [0.717, 1.165) is 38.4 Å². The molecule has 1 saturated heterocycles. The van der Waals surface area contributed by atoms with Crippen LogP contribution in [0, 0.1) is 5.41 Å². The Bertz CT molecular complexity index is 293. The Morgan fingerprint density at radius 1 is 1.47 bits per heavy atom. The fourth-order valence-corrected chi connectivity index (χ4v) is 2.33. The lowest BCUT2D eigenvalue weighted by atomic mass is 10.1. The summed E-state index contributed by atoms with van der Waals surface area (Å²) in [5.74, 6) is 1.27. The predicted molar refractivity (Wildman–Crippen MR) is 70.4 cm³/mol. The molecule has 0 aliphatic carbocycles. The van der Waals surface area contributed by atoms with Crippen LogP contribution in [-0.4, -0.2) is 42.5 Å². The van der Waals surface area contributed by atoms with Gasteiger partial charge in [0, 0.05) is 19.6 Å². The highest BCUT2D eigenvalue weighted by Gasteiger charge is 2.17. The van der Waals surface area contributed by atoms with Crippen molar-refractivity contribution in [1.29, 1.82) is 5.41 Å². The quantitative estimate of drug-likeness (QED) is 0.473. The number of hydrogen-bond acceptors (Lipinski definition) is 3. The molecule has 0 bridgehead atoms. The summed E-state index contributed by atoms with van der Waals surface area (Å²) in [6.45, 7) is 5.11. The Kier molecular flexibility index (Phi) is 4.23. The summed E-state index contributed by atoms with van der Waals surface area (Å²) in [5, 5.41) is 14.4. The lowest BCUT2D eigenvalue weighted by molar-refractivity contribution is 0.333. The first-order chi connectivity index (χ1) is 8.29. The molecule has 96 valence electrons. The highest BCUT2D eigenvalue weighted by molar-refractivity contribution is 5.97. The minimum Gasteiger partial charge on any atom is -0.356 e. The van der Waals surface area contributed by atoms with Gasteiger partial charge in [-0.2, -0.15) is 0 Å². The predicted octanol–water partition coefficient (Wildman–Crippen LogP) is 1.12. The number of rotatable bonds is 1. The zero-order valence-electron chi connectivity index (χ0n) is 10.6. The van der Waals surface area contributed by atoms with E-state index in [2.05, 4.69) is 27.4 Å². The summed E-state index contributed by atoms with van der Waals surface area (Å²) in [5.41, 5.74) is 0. The molecule has 5 heteroatoms. The van der Waals surface area contributed by atoms with E-state index in [-0.39, 0.29) is 0 Å². The Morgan fingerprint density at radius 3 is 2.94 bits per heavy atom. The van der Waals surface area contributed by atoms with Crippen LogP contribution >= 0.6 is 0 Å². The summed E-state index contributed by atoms with van der Waals surface area (Å²) >= 11 is 0. The van der Waals surface area contributed by atoms with Gasteiger partial charge in [0.2, 0.25) is 0 Å². The third kappa shape index (κ3) is 3.35. The normalized spacial score (nSPS) is 24.9. The van der Waals surface area contributed by atoms with Crippen LogP contribution in [0.5, 0.6) is 0 Å². The first kappa shape index (κ1) is 12.2. The maximum absolute atomic E-state index is 8.04. The summed E-state index contributed by atoms with van der Waals surface area (Å²) in [4.78, 5) is 6.66. The van der Waals surface area contributed by atoms with Crippen LogP contribution in [0.25, 0.3) is 0 Å². The van der Waals surface area contributed by atoms with E-state index in [9.17, 15) is 0 Å². The SMILES string of the molecule is CCC1CCNC(NC(=N)N2CCCCC2)=N1. The summed E-state index contributed by atoms with van der Waals surface area (Å²) in [7, 11) is 0. The van der Waals surface area contributed by atoms with E-state index in [1.165, 1.54) is 19.3 Å². The molecule has 5 nitrogen and oxygen atoms in total. The van der Waals surface area contributed by atoms with E-state index in [1.807, 2.05) is 0 Å². The highest BCUT2D eigenvalue weighted by Crippen LogP contribution is 2.09. The Balaban J connectivity index is 1.86. The molecule has 0 spiro atoms. The first-order valence-electron chi connectivity index (χ1n) is 6.72. The fourth-order valence-electron chi connectivity index (χ4n) is 2.33. The van der Waals surface area contributed by atoms with E-state index >= 15 is 0 Å². The van der Waals surface area contributed by atoms with Crippen molar-refractivity contribution in [2.45, 2.75) is 45.1 Å². The van der Waals surface area contributed by atoms with Crippen LogP contribution in [0.1, 0.15) is 39.0 Å². The number of likely N-dealkylation sites (tertiary alicyclic amines) is 1. The van der Waals surface area contributed by atoms with Gasteiger partial charge in [-0.15, -0.1) is 0 Å². The molecule has 1 unspecified atom stereocenters. The van der Waals surface area contributed by atoms with Crippen LogP contribution in [0.3, 0.4) is 0 Å². The highest BCUT2D eigenvalue weighted by atomic mass is 15.3. The van der Waals surface area contributed by atoms with Crippen LogP contribution < -0.4 is 10.6 Å². The second-order valence-corrected chi connectivity index (χ2v) is 4.78. The molecule has 0 saturated carbocycles. The van der Waals surface area contributed by atoms with Crippen LogP contribution in [0.4, 0.5) is 0 Å². The van der Waals surface area contributed by atoms with Crippen LogP contribution in [0.15, 0.2) is 4.99 Å². The van der Waals surface area contributed by atoms with Crippen molar-refractivity contribution in [3.63, 3.8) is 0 Å². The maximum Gasteiger partial charge on any atom is 0.198 e. The van der Waals surface area contributed by atoms with Gasteiger partial charge in [-0.05, 0) is 32.1 Å². The molecule has 0 aromatic rings. The molecule has 1 fully saturated rings. The minimum absolute atomic E-state index is 0.410. The van der Waals surface area contributed by atoms with E-state index < -0.39 is 0 Å². The van der Waals surface area contributed by atoms with E-state index in [4.69, 9.17) is 5.41 Å². The van der Waals surface area contributed by atoms with Crippen molar-refractivity contribution in [3.8, 4) is 0 Å². The first-order valence-corrected chi connectivity index (χ1v) is 6.72. The number of nitrogens with zero attached hydrogens (tertiary/aromatic N) is 2. The third-order valence-electron chi connectivity index (χ3n) is 3.46. The Morgan fingerprint density at radius 2 is 2.24 bits per heavy atom. The van der Waals surface area contributed by atoms with E-state index in [0.29, 0.717) is 12.0 Å². The standard InChI is InChI=1S/C12H23N5/c1-2-10-6-7-14-12(15-10)16-11(13)17-8-4-3-5-9-17/h10H,2-9H2,1H3,(H3,13,14,15,16). The van der Waals surface area contributed by atoms with Crippen LogP contribution in [-0.2, 0) is 0 Å². The number of nitrogens with one attached hydrogen (secondary N) is 3. The summed E-state index contributed by atoms with van der Waals surface area (Å²) in [6, 6.07) is 0.410. The Labute approximate surface area is 103 Å². The second kappa shape index (κ2) is 5.89. The largest absolute Gasteiger partial charge is 0.356 e. The third-order valence-corrected chi connectivity index (χ3v) is 3.46. The zero-order chi connectivity index (χ0) is 12.1. The van der Waals surface area contributed by atoms with Gasteiger partial charge < -0.3 is 10.2 Å². The molecule has 2 rings (SSSR count). The van der Waals surface area contributed by atoms with Crippen molar-refractivity contribution in [1.82, 2.24) is 15.5 Å². The van der Waals surface area contributed by atoms with Gasteiger partial charge in [-0.3, -0.25) is 10.7 Å². The summed E-state index contributed by atoms with van der Waals surface area (Å²) < 4.78 is 0. The molecule has 2 aliphatic heterocycles. The molecule has 17 heavy (non-hydrogen) atoms. The Hall–Kier alpha value is -1.26. The lowest BCUT2D eigenvalue weighted by Crippen LogP contribution is -2.51. The maximum atomic E-state index is 8.04. The molecule has 2 aliphatic rings. The second-order valence-electron chi connectivity index (χ2n) is 4.78. The zero-order valence-corrected chi connectivity index (χ0v) is 10.6. The average molecular weight is 237 g/mol. The molecule has 0 aromatic heterocycles.